The fourth-order valence-electron chi connectivity index (χ4n) is 1.34. The third kappa shape index (κ3) is 2.46. The summed E-state index contributed by atoms with van der Waals surface area (Å²) in [4.78, 5) is 0. The van der Waals surface area contributed by atoms with E-state index in [-0.39, 0.29) is 5.41 Å². The van der Waals surface area contributed by atoms with E-state index in [0.717, 1.165) is 19.3 Å². The van der Waals surface area contributed by atoms with Crippen LogP contribution in [-0.2, 0) is 0 Å². The summed E-state index contributed by atoms with van der Waals surface area (Å²) in [5, 5.41) is 0. The number of hydrogen-bond donors (Lipinski definition) is 2. The van der Waals surface area contributed by atoms with Crippen molar-refractivity contribution in [2.45, 2.75) is 52.6 Å². The smallest absolute Gasteiger partial charge is 0.0686 e. The van der Waals surface area contributed by atoms with Gasteiger partial charge in [-0.3, -0.25) is 0 Å². The van der Waals surface area contributed by atoms with Gasteiger partial charge >= 0.3 is 0 Å². The Hall–Kier alpha value is -0.0800. The molecule has 0 amide bonds. The van der Waals surface area contributed by atoms with Gasteiger partial charge in [0, 0.05) is 0 Å². The minimum absolute atomic E-state index is 0.0521. The maximum Gasteiger partial charge on any atom is 0.0686 e. The van der Waals surface area contributed by atoms with Crippen LogP contribution in [0.1, 0.15) is 47.0 Å². The van der Waals surface area contributed by atoms with Crippen LogP contribution < -0.4 is 11.5 Å². The molecule has 0 aliphatic carbocycles. The zero-order valence-electron chi connectivity index (χ0n) is 8.28. The molecule has 0 aliphatic rings. The van der Waals surface area contributed by atoms with Crippen molar-refractivity contribution in [1.29, 1.82) is 0 Å². The first-order chi connectivity index (χ1) is 4.87. The summed E-state index contributed by atoms with van der Waals surface area (Å²) >= 11 is 0. The second kappa shape index (κ2) is 3.55. The van der Waals surface area contributed by atoms with Crippen molar-refractivity contribution in [3.63, 3.8) is 0 Å². The van der Waals surface area contributed by atoms with E-state index >= 15 is 0 Å². The monoisotopic (exact) mass is 158 g/mol. The van der Waals surface area contributed by atoms with Crippen molar-refractivity contribution in [1.82, 2.24) is 0 Å². The summed E-state index contributed by atoms with van der Waals surface area (Å²) in [6.07, 6.45) is 3.07. The molecule has 11 heavy (non-hydrogen) atoms. The highest BCUT2D eigenvalue weighted by molar-refractivity contribution is 4.90. The van der Waals surface area contributed by atoms with Crippen molar-refractivity contribution in [3.8, 4) is 0 Å². The fraction of sp³-hybridized carbons (Fsp3) is 1.00. The standard InChI is InChI=1S/C9H22N2/c1-5-7-8(3,4)9(10,11)6-2/h5-7,10-11H2,1-4H3. The normalized spacial score (nSPS) is 13.6. The maximum absolute atomic E-state index is 5.96. The van der Waals surface area contributed by atoms with Gasteiger partial charge in [-0.15, -0.1) is 0 Å². The fourth-order valence-corrected chi connectivity index (χ4v) is 1.34. The molecular formula is C9H22N2. The molecule has 0 rings (SSSR count). The second-order valence-corrected chi connectivity index (χ2v) is 4.03. The van der Waals surface area contributed by atoms with Crippen LogP contribution in [0.4, 0.5) is 0 Å². The third-order valence-electron chi connectivity index (χ3n) is 2.72. The van der Waals surface area contributed by atoms with Gasteiger partial charge in [-0.05, 0) is 18.3 Å². The Bertz CT molecular complexity index is 117. The van der Waals surface area contributed by atoms with Gasteiger partial charge in [0.1, 0.15) is 0 Å². The van der Waals surface area contributed by atoms with Gasteiger partial charge in [0.2, 0.25) is 0 Å². The van der Waals surface area contributed by atoms with Crippen LogP contribution in [0.5, 0.6) is 0 Å². The number of rotatable bonds is 4. The second-order valence-electron chi connectivity index (χ2n) is 4.03. The predicted molar refractivity (Wildman–Crippen MR) is 50.1 cm³/mol. The van der Waals surface area contributed by atoms with Crippen molar-refractivity contribution in [2.24, 2.45) is 16.9 Å². The summed E-state index contributed by atoms with van der Waals surface area (Å²) < 4.78 is 0. The molecule has 0 unspecified atom stereocenters. The molecule has 0 aromatic carbocycles. The molecule has 0 aromatic heterocycles. The summed E-state index contributed by atoms with van der Waals surface area (Å²) in [5.41, 5.74) is 11.5. The molecule has 68 valence electrons. The highest BCUT2D eigenvalue weighted by Gasteiger charge is 2.35. The minimum atomic E-state index is -0.511. The zero-order valence-corrected chi connectivity index (χ0v) is 8.28. The summed E-state index contributed by atoms with van der Waals surface area (Å²) in [6.45, 7) is 8.48. The first kappa shape index (κ1) is 10.9. The summed E-state index contributed by atoms with van der Waals surface area (Å²) in [6, 6.07) is 0. The Labute approximate surface area is 70.3 Å². The quantitative estimate of drug-likeness (QED) is 0.613. The van der Waals surface area contributed by atoms with Crippen molar-refractivity contribution in [2.75, 3.05) is 0 Å². The Morgan fingerprint density at radius 2 is 1.55 bits per heavy atom. The van der Waals surface area contributed by atoms with Crippen LogP contribution in [0.15, 0.2) is 0 Å². The van der Waals surface area contributed by atoms with Crippen LogP contribution in [0, 0.1) is 5.41 Å². The van der Waals surface area contributed by atoms with Crippen LogP contribution in [0.2, 0.25) is 0 Å². The van der Waals surface area contributed by atoms with Gasteiger partial charge in [0.05, 0.1) is 5.66 Å². The molecule has 2 heteroatoms. The van der Waals surface area contributed by atoms with E-state index in [9.17, 15) is 0 Å². The van der Waals surface area contributed by atoms with Crippen LogP contribution in [0.3, 0.4) is 0 Å². The highest BCUT2D eigenvalue weighted by atomic mass is 15.0. The summed E-state index contributed by atoms with van der Waals surface area (Å²) in [7, 11) is 0. The SMILES string of the molecule is CCCC(C)(C)C(N)(N)CC. The van der Waals surface area contributed by atoms with Crippen molar-refractivity contribution < 1.29 is 0 Å². The van der Waals surface area contributed by atoms with Gasteiger partial charge < -0.3 is 11.5 Å². The third-order valence-corrected chi connectivity index (χ3v) is 2.72. The molecule has 0 spiro atoms. The molecule has 0 atom stereocenters. The maximum atomic E-state index is 5.96. The molecule has 4 N–H and O–H groups in total. The van der Waals surface area contributed by atoms with Crippen LogP contribution >= 0.6 is 0 Å². The van der Waals surface area contributed by atoms with Gasteiger partial charge in [-0.1, -0.05) is 34.1 Å². The number of nitrogens with two attached hydrogens (primary N) is 2. The lowest BCUT2D eigenvalue weighted by Crippen LogP contribution is -2.59. The minimum Gasteiger partial charge on any atom is -0.313 e. The predicted octanol–water partition coefficient (Wildman–Crippen LogP) is 1.84. The van der Waals surface area contributed by atoms with Crippen molar-refractivity contribution in [3.05, 3.63) is 0 Å². The first-order valence-corrected chi connectivity index (χ1v) is 4.45. The largest absolute Gasteiger partial charge is 0.313 e. The van der Waals surface area contributed by atoms with Crippen molar-refractivity contribution >= 4 is 0 Å². The summed E-state index contributed by atoms with van der Waals surface area (Å²) in [5.74, 6) is 0. The average Bonchev–Trinajstić information content (AvgIpc) is 1.87. The van der Waals surface area contributed by atoms with Gasteiger partial charge in [-0.2, -0.15) is 0 Å². The molecular weight excluding hydrogens is 136 g/mol. The molecule has 0 aliphatic heterocycles. The molecule has 0 saturated heterocycles. The Kier molecular flexibility index (Phi) is 3.52. The van der Waals surface area contributed by atoms with Gasteiger partial charge in [-0.25, -0.2) is 0 Å². The Balaban J connectivity index is 4.26. The van der Waals surface area contributed by atoms with E-state index in [2.05, 4.69) is 20.8 Å². The van der Waals surface area contributed by atoms with E-state index in [1.807, 2.05) is 6.92 Å². The Morgan fingerprint density at radius 1 is 1.09 bits per heavy atom. The average molecular weight is 158 g/mol. The van der Waals surface area contributed by atoms with E-state index in [4.69, 9.17) is 11.5 Å². The van der Waals surface area contributed by atoms with Crippen LogP contribution in [0.25, 0.3) is 0 Å². The highest BCUT2D eigenvalue weighted by Crippen LogP contribution is 2.32. The lowest BCUT2D eigenvalue weighted by Gasteiger charge is -2.40. The lowest BCUT2D eigenvalue weighted by atomic mass is 9.75. The van der Waals surface area contributed by atoms with E-state index in [0.29, 0.717) is 0 Å². The number of hydrogen-bond acceptors (Lipinski definition) is 2. The molecule has 0 aromatic rings. The Morgan fingerprint density at radius 3 is 1.82 bits per heavy atom. The molecule has 2 nitrogen and oxygen atoms in total. The molecule has 0 heterocycles. The molecule has 0 fully saturated rings. The van der Waals surface area contributed by atoms with Gasteiger partial charge in [0.25, 0.3) is 0 Å². The topological polar surface area (TPSA) is 52.0 Å². The zero-order chi connectivity index (χ0) is 9.12. The first-order valence-electron chi connectivity index (χ1n) is 4.45. The molecule has 0 radical (unpaired) electrons. The van der Waals surface area contributed by atoms with Crippen LogP contribution in [-0.4, -0.2) is 5.66 Å². The molecule has 0 bridgehead atoms. The van der Waals surface area contributed by atoms with E-state index in [1.54, 1.807) is 0 Å². The van der Waals surface area contributed by atoms with Gasteiger partial charge in [0.15, 0.2) is 0 Å². The molecule has 0 saturated carbocycles. The lowest BCUT2D eigenvalue weighted by molar-refractivity contribution is 0.149. The van der Waals surface area contributed by atoms with E-state index in [1.165, 1.54) is 0 Å². The van der Waals surface area contributed by atoms with E-state index < -0.39 is 5.66 Å².